The van der Waals surface area contributed by atoms with Crippen LogP contribution in [-0.2, 0) is 19.4 Å². The van der Waals surface area contributed by atoms with Crippen molar-refractivity contribution >= 4 is 27.7 Å². The third-order valence-electron chi connectivity index (χ3n) is 4.85. The number of imide groups is 1. The predicted molar refractivity (Wildman–Crippen MR) is 81.3 cm³/mol. The average molecular weight is 343 g/mol. The van der Waals surface area contributed by atoms with Crippen molar-refractivity contribution in [3.8, 4) is 0 Å². The van der Waals surface area contributed by atoms with Crippen LogP contribution < -0.4 is 10.6 Å². The normalized spacial score (nSPS) is 28.9. The summed E-state index contributed by atoms with van der Waals surface area (Å²) >= 11 is 0. The smallest absolute Gasteiger partial charge is 0.325 e. The Kier molecular flexibility index (Phi) is 4.07. The van der Waals surface area contributed by atoms with E-state index >= 15 is 0 Å². The molecule has 3 aliphatic rings. The maximum Gasteiger partial charge on any atom is 0.325 e. The number of hydrogen-bond donors (Lipinski definition) is 2. The van der Waals surface area contributed by atoms with Crippen LogP contribution in [0.4, 0.5) is 4.79 Å². The number of nitrogens with one attached hydrogen (secondary N) is 2. The van der Waals surface area contributed by atoms with Gasteiger partial charge in [-0.15, -0.1) is 0 Å². The molecule has 0 radical (unpaired) electrons. The fourth-order valence-electron chi connectivity index (χ4n) is 3.64. The molecule has 2 saturated heterocycles. The van der Waals surface area contributed by atoms with Crippen LogP contribution in [0.3, 0.4) is 0 Å². The molecule has 3 rings (SSSR count). The summed E-state index contributed by atoms with van der Waals surface area (Å²) in [5, 5.41) is 5.34. The maximum atomic E-state index is 12.5. The van der Waals surface area contributed by atoms with Gasteiger partial charge in [0.05, 0.1) is 11.5 Å². The summed E-state index contributed by atoms with van der Waals surface area (Å²) in [5.41, 5.74) is -0.841. The van der Waals surface area contributed by atoms with Crippen molar-refractivity contribution < 1.29 is 22.8 Å². The van der Waals surface area contributed by atoms with Gasteiger partial charge in [-0.25, -0.2) is 13.2 Å². The Morgan fingerprint density at radius 3 is 2.57 bits per heavy atom. The van der Waals surface area contributed by atoms with E-state index in [-0.39, 0.29) is 24.0 Å². The zero-order valence-electron chi connectivity index (χ0n) is 12.8. The van der Waals surface area contributed by atoms with Crippen LogP contribution >= 0.6 is 0 Å². The molecule has 8 nitrogen and oxygen atoms in total. The third-order valence-corrected chi connectivity index (χ3v) is 6.62. The number of urea groups is 1. The Labute approximate surface area is 134 Å². The van der Waals surface area contributed by atoms with Gasteiger partial charge in [-0.3, -0.25) is 14.5 Å². The summed E-state index contributed by atoms with van der Waals surface area (Å²) in [7, 11) is -3.09. The molecule has 2 heterocycles. The van der Waals surface area contributed by atoms with Gasteiger partial charge in [0.1, 0.15) is 12.1 Å². The van der Waals surface area contributed by atoms with Gasteiger partial charge >= 0.3 is 6.03 Å². The second kappa shape index (κ2) is 5.77. The molecule has 9 heteroatoms. The number of hydrogen-bond acceptors (Lipinski definition) is 5. The Morgan fingerprint density at radius 2 is 1.96 bits per heavy atom. The van der Waals surface area contributed by atoms with Gasteiger partial charge < -0.3 is 10.6 Å². The van der Waals surface area contributed by atoms with Crippen LogP contribution in [0.1, 0.15) is 38.5 Å². The van der Waals surface area contributed by atoms with Crippen molar-refractivity contribution in [2.45, 2.75) is 50.1 Å². The molecule has 0 aromatic carbocycles. The number of carbonyl (C=O) groups is 3. The number of sulfone groups is 1. The molecule has 128 valence electrons. The number of amides is 4. The molecule has 0 aromatic rings. The number of rotatable bonds is 3. The quantitative estimate of drug-likeness (QED) is 0.674. The highest BCUT2D eigenvalue weighted by atomic mass is 32.2. The van der Waals surface area contributed by atoms with Crippen molar-refractivity contribution in [1.82, 2.24) is 15.5 Å². The molecule has 1 saturated carbocycles. The Bertz CT molecular complexity index is 639. The first-order valence-corrected chi connectivity index (χ1v) is 9.77. The maximum absolute atomic E-state index is 12.5. The van der Waals surface area contributed by atoms with E-state index in [4.69, 9.17) is 0 Å². The molecule has 0 bridgehead atoms. The zero-order valence-corrected chi connectivity index (χ0v) is 13.7. The minimum absolute atomic E-state index is 0.0597. The average Bonchev–Trinajstić information content (AvgIpc) is 2.92. The fraction of sp³-hybridized carbons (Fsp3) is 0.786. The lowest BCUT2D eigenvalue weighted by atomic mass is 9.82. The predicted octanol–water partition coefficient (Wildman–Crippen LogP) is -0.456. The monoisotopic (exact) mass is 343 g/mol. The second-order valence-electron chi connectivity index (χ2n) is 6.63. The van der Waals surface area contributed by atoms with Crippen molar-refractivity contribution in [3.05, 3.63) is 0 Å². The van der Waals surface area contributed by atoms with Crippen LogP contribution in [0.25, 0.3) is 0 Å². The SMILES string of the molecule is O=C(CN1C(=O)NC2(CCCCC2)C1=O)N[C@H]1CCS(=O)(=O)C1. The molecule has 1 atom stereocenters. The standard InChI is InChI=1S/C14H21N3O5S/c18-11(15-10-4-7-23(21,22)9-10)8-17-12(19)14(16-13(17)20)5-2-1-3-6-14/h10H,1-9H2,(H,15,18)(H,16,20)/t10-/m0/s1. The molecule has 0 aromatic heterocycles. The molecule has 4 amide bonds. The summed E-state index contributed by atoms with van der Waals surface area (Å²) < 4.78 is 22.8. The number of nitrogens with zero attached hydrogens (tertiary/aromatic N) is 1. The van der Waals surface area contributed by atoms with Crippen molar-refractivity contribution in [2.75, 3.05) is 18.1 Å². The Hall–Kier alpha value is -1.64. The summed E-state index contributed by atoms with van der Waals surface area (Å²) in [4.78, 5) is 37.6. The first kappa shape index (κ1) is 16.2. The number of carbonyl (C=O) groups excluding carboxylic acids is 3. The van der Waals surface area contributed by atoms with E-state index in [1.807, 2.05) is 0 Å². The second-order valence-corrected chi connectivity index (χ2v) is 8.86. The first-order valence-electron chi connectivity index (χ1n) is 7.95. The van der Waals surface area contributed by atoms with Gasteiger partial charge in [0, 0.05) is 6.04 Å². The van der Waals surface area contributed by atoms with E-state index < -0.39 is 33.4 Å². The lowest BCUT2D eigenvalue weighted by molar-refractivity contribution is -0.136. The summed E-state index contributed by atoms with van der Waals surface area (Å²) in [6, 6.07) is -0.969. The van der Waals surface area contributed by atoms with Crippen molar-refractivity contribution in [1.29, 1.82) is 0 Å². The summed E-state index contributed by atoms with van der Waals surface area (Å²) in [5.74, 6) is -0.854. The molecular formula is C14H21N3O5S. The van der Waals surface area contributed by atoms with Gasteiger partial charge in [0.15, 0.2) is 9.84 Å². The van der Waals surface area contributed by atoms with E-state index in [0.29, 0.717) is 19.3 Å². The molecule has 2 aliphatic heterocycles. The topological polar surface area (TPSA) is 113 Å². The molecule has 1 spiro atoms. The highest BCUT2D eigenvalue weighted by Crippen LogP contribution is 2.33. The van der Waals surface area contributed by atoms with Crippen molar-refractivity contribution in [3.63, 3.8) is 0 Å². The van der Waals surface area contributed by atoms with Crippen LogP contribution in [0.2, 0.25) is 0 Å². The lowest BCUT2D eigenvalue weighted by Crippen LogP contribution is -2.49. The van der Waals surface area contributed by atoms with Gasteiger partial charge in [0.2, 0.25) is 5.91 Å². The molecule has 0 unspecified atom stereocenters. The molecular weight excluding hydrogens is 322 g/mol. The van der Waals surface area contributed by atoms with E-state index in [1.165, 1.54) is 0 Å². The van der Waals surface area contributed by atoms with E-state index in [9.17, 15) is 22.8 Å². The molecule has 23 heavy (non-hydrogen) atoms. The zero-order chi connectivity index (χ0) is 16.7. The third kappa shape index (κ3) is 3.19. The van der Waals surface area contributed by atoms with E-state index in [1.54, 1.807) is 0 Å². The Balaban J connectivity index is 1.60. The molecule has 3 fully saturated rings. The molecule has 1 aliphatic carbocycles. The minimum atomic E-state index is -3.09. The van der Waals surface area contributed by atoms with Crippen LogP contribution in [0.5, 0.6) is 0 Å². The minimum Gasteiger partial charge on any atom is -0.351 e. The van der Waals surface area contributed by atoms with E-state index in [2.05, 4.69) is 10.6 Å². The van der Waals surface area contributed by atoms with Gasteiger partial charge in [-0.1, -0.05) is 19.3 Å². The summed E-state index contributed by atoms with van der Waals surface area (Å²) in [6.45, 7) is -0.358. The van der Waals surface area contributed by atoms with Crippen LogP contribution in [0.15, 0.2) is 0 Å². The van der Waals surface area contributed by atoms with Crippen LogP contribution in [-0.4, -0.2) is 60.8 Å². The Morgan fingerprint density at radius 1 is 1.26 bits per heavy atom. The van der Waals surface area contributed by atoms with Crippen molar-refractivity contribution in [2.24, 2.45) is 0 Å². The van der Waals surface area contributed by atoms with Gasteiger partial charge in [-0.05, 0) is 19.3 Å². The van der Waals surface area contributed by atoms with Gasteiger partial charge in [0.25, 0.3) is 5.91 Å². The highest BCUT2D eigenvalue weighted by molar-refractivity contribution is 7.91. The summed E-state index contributed by atoms with van der Waals surface area (Å²) in [6.07, 6.45) is 4.39. The largest absolute Gasteiger partial charge is 0.351 e. The van der Waals surface area contributed by atoms with E-state index in [0.717, 1.165) is 24.2 Å². The fourth-order valence-corrected chi connectivity index (χ4v) is 5.31. The van der Waals surface area contributed by atoms with Gasteiger partial charge in [-0.2, -0.15) is 0 Å². The van der Waals surface area contributed by atoms with Crippen LogP contribution in [0, 0.1) is 0 Å². The molecule has 2 N–H and O–H groups in total. The highest BCUT2D eigenvalue weighted by Gasteiger charge is 2.51. The lowest BCUT2D eigenvalue weighted by Gasteiger charge is -2.30. The first-order chi connectivity index (χ1) is 10.8.